The van der Waals surface area contributed by atoms with E-state index in [1.54, 1.807) is 6.08 Å². The summed E-state index contributed by atoms with van der Waals surface area (Å²) in [5.74, 6) is -0.0360. The van der Waals surface area contributed by atoms with Crippen LogP contribution < -0.4 is 5.73 Å². The summed E-state index contributed by atoms with van der Waals surface area (Å²) in [7, 11) is 0. The Morgan fingerprint density at radius 1 is 1.19 bits per heavy atom. The van der Waals surface area contributed by atoms with Gasteiger partial charge in [-0.2, -0.15) is 0 Å². The number of hydrogen-bond donors (Lipinski definition) is 2. The topological polar surface area (TPSA) is 46.2 Å². The molecule has 2 heteroatoms. The standard InChI is InChI=1S/C14H17NO/c1-10-6-2-3-7-11(10)14(15)12-8-4-5-9-13(12)16/h2-9,12-14,16H,15H2,1H3. The lowest BCUT2D eigenvalue weighted by molar-refractivity contribution is 0.159. The third kappa shape index (κ3) is 2.08. The number of allylic oxidation sites excluding steroid dienone is 2. The zero-order valence-corrected chi connectivity index (χ0v) is 9.38. The molecule has 1 aromatic carbocycles. The SMILES string of the molecule is Cc1ccccc1C(N)C1C=CC=CC1O. The highest BCUT2D eigenvalue weighted by Crippen LogP contribution is 2.28. The quantitative estimate of drug-likeness (QED) is 0.793. The summed E-state index contributed by atoms with van der Waals surface area (Å²) >= 11 is 0. The number of aliphatic hydroxyl groups is 1. The van der Waals surface area contributed by atoms with Gasteiger partial charge in [0.25, 0.3) is 0 Å². The lowest BCUT2D eigenvalue weighted by Gasteiger charge is -2.27. The summed E-state index contributed by atoms with van der Waals surface area (Å²) in [5, 5.41) is 9.87. The van der Waals surface area contributed by atoms with Crippen LogP contribution in [0.5, 0.6) is 0 Å². The third-order valence-corrected chi connectivity index (χ3v) is 3.11. The molecular weight excluding hydrogens is 198 g/mol. The Kier molecular flexibility index (Phi) is 3.22. The van der Waals surface area contributed by atoms with Crippen molar-refractivity contribution in [2.75, 3.05) is 0 Å². The van der Waals surface area contributed by atoms with Crippen molar-refractivity contribution < 1.29 is 5.11 Å². The Balaban J connectivity index is 2.25. The average molecular weight is 215 g/mol. The van der Waals surface area contributed by atoms with Gasteiger partial charge < -0.3 is 10.8 Å². The van der Waals surface area contributed by atoms with Crippen LogP contribution >= 0.6 is 0 Å². The summed E-state index contributed by atoms with van der Waals surface area (Å²) in [6.07, 6.45) is 7.06. The van der Waals surface area contributed by atoms with Gasteiger partial charge in [-0.25, -0.2) is 0 Å². The molecule has 0 fully saturated rings. The Morgan fingerprint density at radius 2 is 1.88 bits per heavy atom. The third-order valence-electron chi connectivity index (χ3n) is 3.11. The molecule has 1 aliphatic rings. The first-order valence-corrected chi connectivity index (χ1v) is 5.54. The number of aryl methyl sites for hydroxylation is 1. The molecule has 1 aromatic rings. The van der Waals surface area contributed by atoms with Crippen molar-refractivity contribution in [2.24, 2.45) is 11.7 Å². The fourth-order valence-corrected chi connectivity index (χ4v) is 2.11. The van der Waals surface area contributed by atoms with Crippen molar-refractivity contribution in [1.82, 2.24) is 0 Å². The molecule has 16 heavy (non-hydrogen) atoms. The molecule has 0 bridgehead atoms. The molecule has 0 amide bonds. The molecule has 0 saturated carbocycles. The van der Waals surface area contributed by atoms with Gasteiger partial charge in [-0.3, -0.25) is 0 Å². The van der Waals surface area contributed by atoms with Crippen molar-refractivity contribution in [3.8, 4) is 0 Å². The first-order valence-electron chi connectivity index (χ1n) is 5.54. The highest BCUT2D eigenvalue weighted by atomic mass is 16.3. The zero-order chi connectivity index (χ0) is 11.5. The summed E-state index contributed by atoms with van der Waals surface area (Å²) in [6, 6.07) is 7.90. The van der Waals surface area contributed by atoms with Crippen LogP contribution in [0, 0.1) is 12.8 Å². The number of hydrogen-bond acceptors (Lipinski definition) is 2. The van der Waals surface area contributed by atoms with Crippen molar-refractivity contribution in [3.05, 3.63) is 59.7 Å². The lowest BCUT2D eigenvalue weighted by atomic mass is 9.85. The van der Waals surface area contributed by atoms with E-state index in [-0.39, 0.29) is 12.0 Å². The largest absolute Gasteiger partial charge is 0.388 e. The van der Waals surface area contributed by atoms with Gasteiger partial charge in [0.05, 0.1) is 6.10 Å². The van der Waals surface area contributed by atoms with E-state index in [1.807, 2.05) is 49.4 Å². The van der Waals surface area contributed by atoms with Crippen molar-refractivity contribution in [1.29, 1.82) is 0 Å². The molecular formula is C14H17NO. The smallest absolute Gasteiger partial charge is 0.0804 e. The maximum absolute atomic E-state index is 9.87. The van der Waals surface area contributed by atoms with E-state index in [2.05, 4.69) is 0 Å². The lowest BCUT2D eigenvalue weighted by Crippen LogP contribution is -2.30. The van der Waals surface area contributed by atoms with E-state index in [4.69, 9.17) is 5.73 Å². The van der Waals surface area contributed by atoms with Crippen LogP contribution in [0.1, 0.15) is 17.2 Å². The fourth-order valence-electron chi connectivity index (χ4n) is 2.11. The van der Waals surface area contributed by atoms with E-state index >= 15 is 0 Å². The summed E-state index contributed by atoms with van der Waals surface area (Å²) in [5.41, 5.74) is 8.49. The maximum atomic E-state index is 9.87. The molecule has 1 aliphatic carbocycles. The monoisotopic (exact) mass is 215 g/mol. The van der Waals surface area contributed by atoms with Gasteiger partial charge >= 0.3 is 0 Å². The minimum absolute atomic E-state index is 0.0360. The zero-order valence-electron chi connectivity index (χ0n) is 9.38. The van der Waals surface area contributed by atoms with E-state index < -0.39 is 6.10 Å². The Bertz CT molecular complexity index is 422. The van der Waals surface area contributed by atoms with Crippen LogP contribution in [0.15, 0.2) is 48.6 Å². The molecule has 2 nitrogen and oxygen atoms in total. The van der Waals surface area contributed by atoms with Crippen molar-refractivity contribution >= 4 is 0 Å². The fraction of sp³-hybridized carbons (Fsp3) is 0.286. The molecule has 2 rings (SSSR count). The molecule has 0 saturated heterocycles. The van der Waals surface area contributed by atoms with E-state index in [9.17, 15) is 5.11 Å². The van der Waals surface area contributed by atoms with E-state index in [1.165, 1.54) is 5.56 Å². The Hall–Kier alpha value is -1.38. The second kappa shape index (κ2) is 4.64. The van der Waals surface area contributed by atoms with E-state index in [0.717, 1.165) is 5.56 Å². The molecule has 0 heterocycles. The maximum Gasteiger partial charge on any atom is 0.0804 e. The summed E-state index contributed by atoms with van der Waals surface area (Å²) < 4.78 is 0. The van der Waals surface area contributed by atoms with Crippen LogP contribution in [0.3, 0.4) is 0 Å². The molecule has 3 N–H and O–H groups in total. The van der Waals surface area contributed by atoms with E-state index in [0.29, 0.717) is 0 Å². The van der Waals surface area contributed by atoms with Gasteiger partial charge in [0.15, 0.2) is 0 Å². The molecule has 3 unspecified atom stereocenters. The minimum Gasteiger partial charge on any atom is -0.388 e. The van der Waals surface area contributed by atoms with Gasteiger partial charge in [0.1, 0.15) is 0 Å². The molecule has 0 aliphatic heterocycles. The normalized spacial score (nSPS) is 25.7. The van der Waals surface area contributed by atoms with Gasteiger partial charge in [-0.15, -0.1) is 0 Å². The number of aliphatic hydroxyl groups excluding tert-OH is 1. The second-order valence-electron chi connectivity index (χ2n) is 4.22. The van der Waals surface area contributed by atoms with Gasteiger partial charge in [-0.05, 0) is 18.1 Å². The molecule has 0 aromatic heterocycles. The van der Waals surface area contributed by atoms with Crippen LogP contribution in [-0.2, 0) is 0 Å². The first-order chi connectivity index (χ1) is 7.70. The summed E-state index contributed by atoms with van der Waals surface area (Å²) in [6.45, 7) is 2.05. The Morgan fingerprint density at radius 3 is 2.56 bits per heavy atom. The summed E-state index contributed by atoms with van der Waals surface area (Å²) in [4.78, 5) is 0. The second-order valence-corrected chi connectivity index (χ2v) is 4.22. The highest BCUT2D eigenvalue weighted by Gasteiger charge is 2.24. The number of nitrogens with two attached hydrogens (primary N) is 1. The van der Waals surface area contributed by atoms with Gasteiger partial charge in [0, 0.05) is 12.0 Å². The van der Waals surface area contributed by atoms with Crippen LogP contribution in [-0.4, -0.2) is 11.2 Å². The average Bonchev–Trinajstić information content (AvgIpc) is 2.29. The van der Waals surface area contributed by atoms with Crippen LogP contribution in [0.2, 0.25) is 0 Å². The van der Waals surface area contributed by atoms with Gasteiger partial charge in [-0.1, -0.05) is 48.6 Å². The van der Waals surface area contributed by atoms with Crippen LogP contribution in [0.4, 0.5) is 0 Å². The first kappa shape index (κ1) is 11.1. The predicted molar refractivity (Wildman–Crippen MR) is 65.9 cm³/mol. The Labute approximate surface area is 96.1 Å². The van der Waals surface area contributed by atoms with Gasteiger partial charge in [0.2, 0.25) is 0 Å². The van der Waals surface area contributed by atoms with Crippen molar-refractivity contribution in [2.45, 2.75) is 19.1 Å². The number of benzene rings is 1. The molecule has 0 spiro atoms. The highest BCUT2D eigenvalue weighted by molar-refractivity contribution is 5.31. The predicted octanol–water partition coefficient (Wildman–Crippen LogP) is 2.10. The number of rotatable bonds is 2. The van der Waals surface area contributed by atoms with Crippen LogP contribution in [0.25, 0.3) is 0 Å². The molecule has 84 valence electrons. The minimum atomic E-state index is -0.486. The molecule has 0 radical (unpaired) electrons. The van der Waals surface area contributed by atoms with Crippen molar-refractivity contribution in [3.63, 3.8) is 0 Å². The molecule has 3 atom stereocenters.